The van der Waals surface area contributed by atoms with E-state index in [0.29, 0.717) is 18.0 Å². The topological polar surface area (TPSA) is 47.6 Å². The van der Waals surface area contributed by atoms with Gasteiger partial charge >= 0.3 is 0 Å². The van der Waals surface area contributed by atoms with E-state index in [1.165, 1.54) is 0 Å². The predicted molar refractivity (Wildman–Crippen MR) is 70.9 cm³/mol. The third-order valence-corrected chi connectivity index (χ3v) is 2.49. The molecule has 1 aromatic rings. The van der Waals surface area contributed by atoms with Gasteiger partial charge in [0.05, 0.1) is 13.7 Å². The van der Waals surface area contributed by atoms with Crippen LogP contribution in [-0.2, 0) is 4.79 Å². The Morgan fingerprint density at radius 1 is 1.22 bits per heavy atom. The van der Waals surface area contributed by atoms with E-state index in [1.807, 2.05) is 45.0 Å². The summed E-state index contributed by atoms with van der Waals surface area (Å²) < 4.78 is 10.9. The molecule has 0 heterocycles. The zero-order valence-corrected chi connectivity index (χ0v) is 11.4. The van der Waals surface area contributed by atoms with Gasteiger partial charge in [0.1, 0.15) is 6.10 Å². The lowest BCUT2D eigenvalue weighted by molar-refractivity contribution is -0.124. The summed E-state index contributed by atoms with van der Waals surface area (Å²) in [6.07, 6.45) is -0.107. The van der Waals surface area contributed by atoms with Crippen LogP contribution in [0.3, 0.4) is 0 Å². The van der Waals surface area contributed by atoms with Crippen LogP contribution in [0.15, 0.2) is 24.3 Å². The summed E-state index contributed by atoms with van der Waals surface area (Å²) in [7, 11) is 1.60. The summed E-state index contributed by atoms with van der Waals surface area (Å²) in [5, 5.41) is 2.83. The van der Waals surface area contributed by atoms with Crippen LogP contribution in [0.4, 0.5) is 0 Å². The first kappa shape index (κ1) is 14.4. The molecule has 100 valence electrons. The maximum absolute atomic E-state index is 11.4. The Morgan fingerprint density at radius 3 is 2.39 bits per heavy atom. The lowest BCUT2D eigenvalue weighted by Crippen LogP contribution is -2.35. The van der Waals surface area contributed by atoms with Gasteiger partial charge in [-0.25, -0.2) is 0 Å². The highest BCUT2D eigenvalue weighted by atomic mass is 16.5. The minimum absolute atomic E-state index is 0.0107. The first-order valence-corrected chi connectivity index (χ1v) is 6.12. The third-order valence-electron chi connectivity index (χ3n) is 2.49. The van der Waals surface area contributed by atoms with E-state index in [9.17, 15) is 4.79 Å². The fraction of sp³-hybridized carbons (Fsp3) is 0.500. The minimum atomic E-state index is -0.107. The Morgan fingerprint density at radius 2 is 1.83 bits per heavy atom. The summed E-state index contributed by atoms with van der Waals surface area (Å²) in [6, 6.07) is 7.46. The number of para-hydroxylation sites is 2. The van der Waals surface area contributed by atoms with Crippen molar-refractivity contribution in [1.82, 2.24) is 5.32 Å². The van der Waals surface area contributed by atoms with Crippen molar-refractivity contribution in [2.24, 2.45) is 5.92 Å². The summed E-state index contributed by atoms with van der Waals surface area (Å²) in [4.78, 5) is 11.4. The second-order valence-electron chi connectivity index (χ2n) is 4.48. The molecule has 0 saturated carbocycles. The van der Waals surface area contributed by atoms with Crippen molar-refractivity contribution < 1.29 is 14.3 Å². The number of amides is 1. The van der Waals surface area contributed by atoms with E-state index >= 15 is 0 Å². The molecule has 0 aliphatic heterocycles. The van der Waals surface area contributed by atoms with Gasteiger partial charge in [-0.3, -0.25) is 4.79 Å². The summed E-state index contributed by atoms with van der Waals surface area (Å²) in [6.45, 7) is 6.12. The highest BCUT2D eigenvalue weighted by Gasteiger charge is 2.11. The third kappa shape index (κ3) is 4.28. The molecule has 0 unspecified atom stereocenters. The Balaban J connectivity index is 2.49. The molecular weight excluding hydrogens is 230 g/mol. The number of nitrogens with one attached hydrogen (secondary N) is 1. The SMILES string of the molecule is COc1ccccc1O[C@H](C)CNC(=O)C(C)C. The van der Waals surface area contributed by atoms with Crippen molar-refractivity contribution in [1.29, 1.82) is 0 Å². The van der Waals surface area contributed by atoms with Crippen molar-refractivity contribution in [3.8, 4) is 11.5 Å². The van der Waals surface area contributed by atoms with Crippen molar-refractivity contribution in [3.63, 3.8) is 0 Å². The average molecular weight is 251 g/mol. The fourth-order valence-corrected chi connectivity index (χ4v) is 1.42. The molecule has 1 rings (SSSR count). The zero-order chi connectivity index (χ0) is 13.5. The van der Waals surface area contributed by atoms with Crippen LogP contribution in [0, 0.1) is 5.92 Å². The zero-order valence-electron chi connectivity index (χ0n) is 11.4. The van der Waals surface area contributed by atoms with E-state index in [0.717, 1.165) is 0 Å². The number of rotatable bonds is 6. The van der Waals surface area contributed by atoms with Crippen molar-refractivity contribution in [3.05, 3.63) is 24.3 Å². The number of hydrogen-bond donors (Lipinski definition) is 1. The van der Waals surface area contributed by atoms with E-state index < -0.39 is 0 Å². The summed E-state index contributed by atoms with van der Waals surface area (Å²) in [5.74, 6) is 1.40. The molecular formula is C14H21NO3. The summed E-state index contributed by atoms with van der Waals surface area (Å²) in [5.41, 5.74) is 0. The van der Waals surface area contributed by atoms with Gasteiger partial charge in [0.25, 0.3) is 0 Å². The molecule has 0 radical (unpaired) electrons. The molecule has 4 heteroatoms. The molecule has 0 aromatic heterocycles. The van der Waals surface area contributed by atoms with E-state index in [4.69, 9.17) is 9.47 Å². The van der Waals surface area contributed by atoms with Gasteiger partial charge in [-0.1, -0.05) is 26.0 Å². The first-order valence-electron chi connectivity index (χ1n) is 6.12. The number of carbonyl (C=O) groups excluding carboxylic acids is 1. The highest BCUT2D eigenvalue weighted by Crippen LogP contribution is 2.26. The molecule has 0 aliphatic rings. The molecule has 18 heavy (non-hydrogen) atoms. The Labute approximate surface area is 108 Å². The lowest BCUT2D eigenvalue weighted by Gasteiger charge is -2.17. The van der Waals surface area contributed by atoms with Gasteiger partial charge in [-0.2, -0.15) is 0 Å². The number of carbonyl (C=O) groups is 1. The Hall–Kier alpha value is -1.71. The standard InChI is InChI=1S/C14H21NO3/c1-10(2)14(16)15-9-11(3)18-13-8-6-5-7-12(13)17-4/h5-8,10-11H,9H2,1-4H3,(H,15,16)/t11-/m1/s1. The molecule has 0 fully saturated rings. The Bertz CT molecular complexity index is 390. The van der Waals surface area contributed by atoms with Crippen molar-refractivity contribution in [2.45, 2.75) is 26.9 Å². The second-order valence-corrected chi connectivity index (χ2v) is 4.48. The van der Waals surface area contributed by atoms with Crippen LogP contribution < -0.4 is 14.8 Å². The van der Waals surface area contributed by atoms with Gasteiger partial charge in [0.2, 0.25) is 5.91 Å². The van der Waals surface area contributed by atoms with Crippen LogP contribution in [0.2, 0.25) is 0 Å². The van der Waals surface area contributed by atoms with E-state index in [1.54, 1.807) is 7.11 Å². The molecule has 1 N–H and O–H groups in total. The van der Waals surface area contributed by atoms with Crippen LogP contribution >= 0.6 is 0 Å². The quantitative estimate of drug-likeness (QED) is 0.843. The molecule has 0 spiro atoms. The molecule has 0 saturated heterocycles. The number of methoxy groups -OCH3 is 1. The van der Waals surface area contributed by atoms with Gasteiger partial charge in [0, 0.05) is 5.92 Å². The number of hydrogen-bond acceptors (Lipinski definition) is 3. The van der Waals surface area contributed by atoms with E-state index in [-0.39, 0.29) is 17.9 Å². The maximum atomic E-state index is 11.4. The largest absolute Gasteiger partial charge is 0.493 e. The van der Waals surface area contributed by atoms with Gasteiger partial charge in [-0.05, 0) is 19.1 Å². The van der Waals surface area contributed by atoms with Crippen molar-refractivity contribution in [2.75, 3.05) is 13.7 Å². The molecule has 1 amide bonds. The minimum Gasteiger partial charge on any atom is -0.493 e. The number of ether oxygens (including phenoxy) is 2. The highest BCUT2D eigenvalue weighted by molar-refractivity contribution is 5.77. The van der Waals surface area contributed by atoms with E-state index in [2.05, 4.69) is 5.32 Å². The molecule has 0 aliphatic carbocycles. The molecule has 0 bridgehead atoms. The van der Waals surface area contributed by atoms with Gasteiger partial charge in [0.15, 0.2) is 11.5 Å². The second kappa shape index (κ2) is 6.89. The van der Waals surface area contributed by atoms with Crippen LogP contribution in [0.25, 0.3) is 0 Å². The average Bonchev–Trinajstić information content (AvgIpc) is 2.36. The van der Waals surface area contributed by atoms with Crippen LogP contribution in [-0.4, -0.2) is 25.7 Å². The number of benzene rings is 1. The molecule has 1 aromatic carbocycles. The Kier molecular flexibility index (Phi) is 5.49. The fourth-order valence-electron chi connectivity index (χ4n) is 1.42. The van der Waals surface area contributed by atoms with Crippen LogP contribution in [0.1, 0.15) is 20.8 Å². The normalized spacial score (nSPS) is 12.1. The van der Waals surface area contributed by atoms with Crippen molar-refractivity contribution >= 4 is 5.91 Å². The van der Waals surface area contributed by atoms with Gasteiger partial charge < -0.3 is 14.8 Å². The first-order chi connectivity index (χ1) is 8.54. The lowest BCUT2D eigenvalue weighted by atomic mass is 10.2. The summed E-state index contributed by atoms with van der Waals surface area (Å²) >= 11 is 0. The smallest absolute Gasteiger partial charge is 0.222 e. The monoisotopic (exact) mass is 251 g/mol. The molecule has 1 atom stereocenters. The molecule has 4 nitrogen and oxygen atoms in total. The predicted octanol–water partition coefficient (Wildman–Crippen LogP) is 2.23. The maximum Gasteiger partial charge on any atom is 0.222 e. The van der Waals surface area contributed by atoms with Gasteiger partial charge in [-0.15, -0.1) is 0 Å². The van der Waals surface area contributed by atoms with Crippen LogP contribution in [0.5, 0.6) is 11.5 Å².